The second kappa shape index (κ2) is 11.7. The largest absolute Gasteiger partial charge is 0.493 e. The quantitative estimate of drug-likeness (QED) is 0.256. The maximum Gasteiger partial charge on any atom is 0.331 e. The molecule has 34 heavy (non-hydrogen) atoms. The molecule has 1 aliphatic rings. The first-order valence-corrected chi connectivity index (χ1v) is 10.8. The first-order chi connectivity index (χ1) is 16.4. The third-order valence-electron chi connectivity index (χ3n) is 4.30. The number of benzene rings is 2. The monoisotopic (exact) mass is 482 g/mol. The van der Waals surface area contributed by atoms with E-state index in [2.05, 4.69) is 25.6 Å². The predicted molar refractivity (Wildman–Crippen MR) is 129 cm³/mol. The summed E-state index contributed by atoms with van der Waals surface area (Å²) in [5, 5.41) is 13.4. The first-order valence-electron chi connectivity index (χ1n) is 9.95. The SMILES string of the molecule is COC(=O)/C=C1/S/C(=N\N=Cc2ccc(OCC(=O)Nc3cccc(C)c3)c(OC)c2)NC1=O. The number of nitrogens with one attached hydrogen (secondary N) is 2. The van der Waals surface area contributed by atoms with Gasteiger partial charge in [-0.25, -0.2) is 4.79 Å². The molecule has 0 radical (unpaired) electrons. The lowest BCUT2D eigenvalue weighted by Crippen LogP contribution is -2.20. The summed E-state index contributed by atoms with van der Waals surface area (Å²) in [6, 6.07) is 12.5. The van der Waals surface area contributed by atoms with Crippen LogP contribution in [0.25, 0.3) is 0 Å². The van der Waals surface area contributed by atoms with Crippen LogP contribution in [0.3, 0.4) is 0 Å². The van der Waals surface area contributed by atoms with Gasteiger partial charge in [0, 0.05) is 11.8 Å². The summed E-state index contributed by atoms with van der Waals surface area (Å²) in [7, 11) is 2.71. The summed E-state index contributed by atoms with van der Waals surface area (Å²) < 4.78 is 15.4. The molecule has 0 spiro atoms. The number of ether oxygens (including phenoxy) is 3. The van der Waals surface area contributed by atoms with Crippen molar-refractivity contribution >= 4 is 46.6 Å². The lowest BCUT2D eigenvalue weighted by molar-refractivity contribution is -0.135. The Morgan fingerprint density at radius 3 is 2.71 bits per heavy atom. The molecule has 3 rings (SSSR count). The molecule has 2 aromatic rings. The smallest absolute Gasteiger partial charge is 0.331 e. The molecule has 10 nitrogen and oxygen atoms in total. The number of anilines is 1. The van der Waals surface area contributed by atoms with Gasteiger partial charge in [0.1, 0.15) is 0 Å². The van der Waals surface area contributed by atoms with E-state index in [9.17, 15) is 14.4 Å². The van der Waals surface area contributed by atoms with E-state index in [1.807, 2.05) is 25.1 Å². The first kappa shape index (κ1) is 24.5. The average Bonchev–Trinajstić information content (AvgIpc) is 3.16. The molecule has 2 aromatic carbocycles. The van der Waals surface area contributed by atoms with E-state index in [0.29, 0.717) is 22.7 Å². The van der Waals surface area contributed by atoms with Gasteiger partial charge in [0.2, 0.25) is 0 Å². The Bertz CT molecular complexity index is 1190. The van der Waals surface area contributed by atoms with E-state index in [-0.39, 0.29) is 22.6 Å². The predicted octanol–water partition coefficient (Wildman–Crippen LogP) is 2.63. The zero-order chi connectivity index (χ0) is 24.5. The fraction of sp³-hybridized carbons (Fsp3) is 0.174. The fourth-order valence-electron chi connectivity index (χ4n) is 2.74. The van der Waals surface area contributed by atoms with Gasteiger partial charge in [0.05, 0.1) is 25.3 Å². The van der Waals surface area contributed by atoms with Crippen LogP contribution in [0.2, 0.25) is 0 Å². The van der Waals surface area contributed by atoms with Gasteiger partial charge in [-0.1, -0.05) is 12.1 Å². The maximum atomic E-state index is 12.2. The summed E-state index contributed by atoms with van der Waals surface area (Å²) in [5.41, 5.74) is 2.38. The number of carbonyl (C=O) groups excluding carboxylic acids is 3. The number of thioether (sulfide) groups is 1. The number of aryl methyl sites for hydroxylation is 1. The number of amidine groups is 1. The molecule has 0 unspecified atom stereocenters. The van der Waals surface area contributed by atoms with Gasteiger partial charge >= 0.3 is 5.97 Å². The standard InChI is InChI=1S/C23H22N4O6S/c1-14-5-4-6-16(9-14)25-20(28)13-33-17-8-7-15(10-18(17)31-2)12-24-27-23-26-22(30)19(34-23)11-21(29)32-3/h4-12H,13H2,1-3H3,(H,25,28)(H,26,27,30)/b19-11+,24-12?. The van der Waals surface area contributed by atoms with E-state index in [1.165, 1.54) is 20.4 Å². The molecule has 11 heteroatoms. The molecule has 0 saturated carbocycles. The zero-order valence-electron chi connectivity index (χ0n) is 18.7. The summed E-state index contributed by atoms with van der Waals surface area (Å²) in [4.78, 5) is 35.4. The van der Waals surface area contributed by atoms with Crippen LogP contribution in [-0.4, -0.2) is 50.0 Å². The topological polar surface area (TPSA) is 128 Å². The molecule has 176 valence electrons. The highest BCUT2D eigenvalue weighted by atomic mass is 32.2. The Morgan fingerprint density at radius 2 is 1.97 bits per heavy atom. The van der Waals surface area contributed by atoms with Crippen molar-refractivity contribution in [1.29, 1.82) is 0 Å². The number of amides is 2. The molecule has 2 N–H and O–H groups in total. The van der Waals surface area contributed by atoms with E-state index < -0.39 is 11.9 Å². The van der Waals surface area contributed by atoms with E-state index in [4.69, 9.17) is 9.47 Å². The minimum Gasteiger partial charge on any atom is -0.493 e. The Labute approximate surface area is 200 Å². The molecular formula is C23H22N4O6S. The molecule has 2 amide bonds. The van der Waals surface area contributed by atoms with E-state index in [0.717, 1.165) is 23.4 Å². The van der Waals surface area contributed by atoms with Crippen LogP contribution in [0.5, 0.6) is 11.5 Å². The molecule has 1 aliphatic heterocycles. The second-order valence-corrected chi connectivity index (χ2v) is 7.88. The van der Waals surface area contributed by atoms with Crippen molar-refractivity contribution in [2.24, 2.45) is 10.2 Å². The van der Waals surface area contributed by atoms with Crippen molar-refractivity contribution < 1.29 is 28.6 Å². The lowest BCUT2D eigenvalue weighted by atomic mass is 10.2. The minimum absolute atomic E-state index is 0.162. The Balaban J connectivity index is 1.59. The number of hydrogen-bond donors (Lipinski definition) is 2. The fourth-order valence-corrected chi connectivity index (χ4v) is 3.47. The highest BCUT2D eigenvalue weighted by molar-refractivity contribution is 8.18. The van der Waals surface area contributed by atoms with Crippen molar-refractivity contribution in [3.05, 3.63) is 64.6 Å². The summed E-state index contributed by atoms with van der Waals surface area (Å²) in [6.45, 7) is 1.75. The van der Waals surface area contributed by atoms with Crippen LogP contribution >= 0.6 is 11.8 Å². The van der Waals surface area contributed by atoms with E-state index in [1.54, 1.807) is 24.3 Å². The van der Waals surface area contributed by atoms with Crippen molar-refractivity contribution in [1.82, 2.24) is 5.32 Å². The second-order valence-electron chi connectivity index (χ2n) is 6.85. The van der Waals surface area contributed by atoms with Gasteiger partial charge in [0.15, 0.2) is 23.3 Å². The third kappa shape index (κ3) is 6.94. The van der Waals surface area contributed by atoms with Gasteiger partial charge in [-0.05, 0) is 60.1 Å². The summed E-state index contributed by atoms with van der Waals surface area (Å²) >= 11 is 0.972. The van der Waals surface area contributed by atoms with Gasteiger partial charge < -0.3 is 19.5 Å². The van der Waals surface area contributed by atoms with Crippen LogP contribution < -0.4 is 20.1 Å². The number of methoxy groups -OCH3 is 2. The van der Waals surface area contributed by atoms with Crippen LogP contribution in [0.1, 0.15) is 11.1 Å². The number of hydrogen-bond acceptors (Lipinski definition) is 9. The molecule has 0 bridgehead atoms. The van der Waals surface area contributed by atoms with Crippen LogP contribution in [0.4, 0.5) is 5.69 Å². The molecule has 0 atom stereocenters. The lowest BCUT2D eigenvalue weighted by Gasteiger charge is -2.11. The van der Waals surface area contributed by atoms with Crippen LogP contribution in [0, 0.1) is 6.92 Å². The molecule has 1 fully saturated rings. The Hall–Kier alpha value is -4.12. The average molecular weight is 483 g/mol. The maximum absolute atomic E-state index is 12.2. The van der Waals surface area contributed by atoms with Gasteiger partial charge in [-0.3, -0.25) is 14.9 Å². The van der Waals surface area contributed by atoms with Crippen LogP contribution in [-0.2, 0) is 19.1 Å². The van der Waals surface area contributed by atoms with Crippen molar-refractivity contribution in [3.8, 4) is 11.5 Å². The third-order valence-corrected chi connectivity index (χ3v) is 5.20. The van der Waals surface area contributed by atoms with Crippen molar-refractivity contribution in [3.63, 3.8) is 0 Å². The highest BCUT2D eigenvalue weighted by Crippen LogP contribution is 2.28. The van der Waals surface area contributed by atoms with Crippen LogP contribution in [0.15, 0.2) is 63.6 Å². The molecule has 0 aliphatic carbocycles. The molecule has 0 aromatic heterocycles. The Morgan fingerprint density at radius 1 is 1.15 bits per heavy atom. The van der Waals surface area contributed by atoms with Gasteiger partial charge in [-0.15, -0.1) is 5.10 Å². The summed E-state index contributed by atoms with van der Waals surface area (Å²) in [6.07, 6.45) is 2.54. The zero-order valence-corrected chi connectivity index (χ0v) is 19.5. The molecular weight excluding hydrogens is 460 g/mol. The van der Waals surface area contributed by atoms with E-state index >= 15 is 0 Å². The summed E-state index contributed by atoms with van der Waals surface area (Å²) in [5.74, 6) is -0.595. The highest BCUT2D eigenvalue weighted by Gasteiger charge is 2.25. The Kier molecular flexibility index (Phi) is 8.41. The number of carbonyl (C=O) groups is 3. The van der Waals surface area contributed by atoms with Gasteiger partial charge in [-0.2, -0.15) is 5.10 Å². The number of nitrogens with zero attached hydrogens (tertiary/aromatic N) is 2. The molecule has 1 heterocycles. The van der Waals surface area contributed by atoms with Crippen molar-refractivity contribution in [2.75, 3.05) is 26.1 Å². The van der Waals surface area contributed by atoms with Crippen molar-refractivity contribution in [2.45, 2.75) is 6.92 Å². The normalized spacial score (nSPS) is 15.4. The minimum atomic E-state index is -0.635. The van der Waals surface area contributed by atoms with Gasteiger partial charge in [0.25, 0.3) is 11.8 Å². The molecule has 1 saturated heterocycles. The number of esters is 1. The number of rotatable bonds is 8.